The van der Waals surface area contributed by atoms with Crippen molar-refractivity contribution in [2.75, 3.05) is 39.8 Å². The molecule has 5 rings (SSSR count). The number of hydrogen-bond donors (Lipinski definition) is 0. The summed E-state index contributed by atoms with van der Waals surface area (Å²) in [6.07, 6.45) is 11.6. The maximum Gasteiger partial charge on any atom is 0.294 e. The number of allylic oxidation sites excluding steroid dienone is 3. The van der Waals surface area contributed by atoms with E-state index in [1.54, 1.807) is 0 Å². The van der Waals surface area contributed by atoms with E-state index in [1.165, 1.54) is 16.7 Å². The molecular weight excluding hydrogens is 414 g/mol. The zero-order chi connectivity index (χ0) is 18.5. The van der Waals surface area contributed by atoms with Gasteiger partial charge in [-0.25, -0.2) is 4.99 Å². The standard InChI is InChI=1S/C23H26N3O.BrH/c1-3-15-26(2)16-13-25(14-17-26)22-24-23-19(8-6-10-21(23)27-22)12-11-18-7-4-5-9-20(18)23;/h3-10,12H,1,11,13-17H2,2H3;1H/q+1;/p-1. The lowest BCUT2D eigenvalue weighted by atomic mass is 9.73. The summed E-state index contributed by atoms with van der Waals surface area (Å²) in [5, 5.41) is 0. The summed E-state index contributed by atoms with van der Waals surface area (Å²) >= 11 is 0. The summed E-state index contributed by atoms with van der Waals surface area (Å²) in [7, 11) is 2.31. The van der Waals surface area contributed by atoms with Crippen molar-refractivity contribution in [3.05, 3.63) is 83.7 Å². The number of hydrogen-bond acceptors (Lipinski definition) is 3. The van der Waals surface area contributed by atoms with Gasteiger partial charge in [-0.2, -0.15) is 0 Å². The Balaban J connectivity index is 0.00000192. The fourth-order valence-corrected chi connectivity index (χ4v) is 4.72. The van der Waals surface area contributed by atoms with Crippen molar-refractivity contribution < 1.29 is 26.2 Å². The second-order valence-corrected chi connectivity index (χ2v) is 8.14. The molecule has 0 saturated carbocycles. The van der Waals surface area contributed by atoms with E-state index in [-0.39, 0.29) is 17.0 Å². The molecule has 2 heterocycles. The lowest BCUT2D eigenvalue weighted by Gasteiger charge is -2.41. The second kappa shape index (κ2) is 7.05. The fourth-order valence-electron chi connectivity index (χ4n) is 4.72. The molecule has 5 heteroatoms. The number of piperazine rings is 1. The van der Waals surface area contributed by atoms with Crippen LogP contribution in [0.15, 0.2) is 77.5 Å². The summed E-state index contributed by atoms with van der Waals surface area (Å²) in [6, 6.07) is 9.41. The van der Waals surface area contributed by atoms with Crippen LogP contribution in [-0.2, 0) is 16.7 Å². The lowest BCUT2D eigenvalue weighted by molar-refractivity contribution is -0.907. The molecule has 1 aromatic rings. The van der Waals surface area contributed by atoms with Gasteiger partial charge in [0, 0.05) is 0 Å². The van der Waals surface area contributed by atoms with E-state index in [1.807, 2.05) is 6.08 Å². The van der Waals surface area contributed by atoms with Gasteiger partial charge in [-0.3, -0.25) is 0 Å². The number of aliphatic imine (C=N–C) groups is 1. The minimum atomic E-state index is -0.490. The number of fused-ring (bicyclic) bond motifs is 1. The molecule has 2 aliphatic carbocycles. The van der Waals surface area contributed by atoms with E-state index in [9.17, 15) is 0 Å². The van der Waals surface area contributed by atoms with E-state index in [0.29, 0.717) is 0 Å². The molecule has 0 bridgehead atoms. The Hall–Kier alpha value is -2.11. The van der Waals surface area contributed by atoms with Crippen LogP contribution in [-0.4, -0.2) is 55.2 Å². The van der Waals surface area contributed by atoms with Gasteiger partial charge in [0.15, 0.2) is 5.54 Å². The van der Waals surface area contributed by atoms with E-state index >= 15 is 0 Å². The topological polar surface area (TPSA) is 24.8 Å². The molecule has 4 nitrogen and oxygen atoms in total. The summed E-state index contributed by atoms with van der Waals surface area (Å²) in [6.45, 7) is 9.01. The Kier molecular flexibility index (Phi) is 4.84. The third kappa shape index (κ3) is 2.80. The number of quaternary nitrogens is 1. The van der Waals surface area contributed by atoms with Crippen LogP contribution in [0.1, 0.15) is 11.1 Å². The molecule has 0 N–H and O–H groups in total. The molecule has 1 spiro atoms. The van der Waals surface area contributed by atoms with Crippen LogP contribution in [0.5, 0.6) is 0 Å². The Morgan fingerprint density at radius 1 is 1.29 bits per heavy atom. The van der Waals surface area contributed by atoms with E-state index in [0.717, 1.165) is 55.4 Å². The quantitative estimate of drug-likeness (QED) is 0.484. The molecule has 1 atom stereocenters. The van der Waals surface area contributed by atoms with Crippen molar-refractivity contribution in [3.63, 3.8) is 0 Å². The van der Waals surface area contributed by atoms with Crippen molar-refractivity contribution in [2.45, 2.75) is 12.0 Å². The van der Waals surface area contributed by atoms with Crippen LogP contribution in [0, 0.1) is 0 Å². The summed E-state index contributed by atoms with van der Waals surface area (Å²) in [4.78, 5) is 7.54. The van der Waals surface area contributed by atoms with Crippen molar-refractivity contribution in [3.8, 4) is 0 Å². The van der Waals surface area contributed by atoms with Crippen molar-refractivity contribution in [1.29, 1.82) is 0 Å². The van der Waals surface area contributed by atoms with Crippen LogP contribution in [0.25, 0.3) is 0 Å². The largest absolute Gasteiger partial charge is 1.00 e. The van der Waals surface area contributed by atoms with Gasteiger partial charge in [-0.05, 0) is 35.3 Å². The highest BCUT2D eigenvalue weighted by Gasteiger charge is 2.50. The Morgan fingerprint density at radius 2 is 2.07 bits per heavy atom. The SMILES string of the molecule is C=CC[N+]1(C)CCN(C2=NC34C(=CCc5ccccc53)C=CC=C4O2)CC1.[Br-]. The van der Waals surface area contributed by atoms with E-state index in [4.69, 9.17) is 9.73 Å². The number of amidine groups is 1. The number of benzene rings is 1. The summed E-state index contributed by atoms with van der Waals surface area (Å²) in [5.41, 5.74) is 3.34. The highest BCUT2D eigenvalue weighted by Crippen LogP contribution is 2.51. The van der Waals surface area contributed by atoms with Crippen molar-refractivity contribution in [2.24, 2.45) is 4.99 Å². The third-order valence-electron chi connectivity index (χ3n) is 6.37. The average molecular weight is 440 g/mol. The Morgan fingerprint density at radius 3 is 2.86 bits per heavy atom. The molecule has 1 fully saturated rings. The number of rotatable bonds is 2. The predicted molar refractivity (Wildman–Crippen MR) is 108 cm³/mol. The average Bonchev–Trinajstić information content (AvgIpc) is 3.08. The Bertz CT molecular complexity index is 922. The first-order valence-corrected chi connectivity index (χ1v) is 9.80. The fraction of sp³-hybridized carbons (Fsp3) is 0.348. The molecule has 1 unspecified atom stereocenters. The van der Waals surface area contributed by atoms with Crippen molar-refractivity contribution >= 4 is 6.02 Å². The molecule has 28 heavy (non-hydrogen) atoms. The number of likely N-dealkylation sites (N-methyl/N-ethyl adjacent to an activating group) is 1. The molecule has 4 aliphatic rings. The van der Waals surface area contributed by atoms with Crippen LogP contribution < -0.4 is 17.0 Å². The molecule has 1 aromatic carbocycles. The molecule has 0 amide bonds. The maximum absolute atomic E-state index is 6.37. The highest BCUT2D eigenvalue weighted by molar-refractivity contribution is 5.82. The van der Waals surface area contributed by atoms with Crippen LogP contribution in [0.3, 0.4) is 0 Å². The molecule has 0 radical (unpaired) electrons. The van der Waals surface area contributed by atoms with Gasteiger partial charge in [0.1, 0.15) is 5.76 Å². The third-order valence-corrected chi connectivity index (χ3v) is 6.37. The first kappa shape index (κ1) is 19.2. The molecular formula is C23H26BrN3O. The van der Waals surface area contributed by atoms with E-state index in [2.05, 4.69) is 67.1 Å². The second-order valence-electron chi connectivity index (χ2n) is 8.14. The molecule has 146 valence electrons. The van der Waals surface area contributed by atoms with Gasteiger partial charge in [0.2, 0.25) is 0 Å². The van der Waals surface area contributed by atoms with Gasteiger partial charge in [0.05, 0.1) is 39.8 Å². The van der Waals surface area contributed by atoms with Crippen LogP contribution in [0.2, 0.25) is 0 Å². The van der Waals surface area contributed by atoms with Gasteiger partial charge in [0.25, 0.3) is 6.02 Å². The predicted octanol–water partition coefficient (Wildman–Crippen LogP) is 0.157. The number of halogens is 1. The number of ether oxygens (including phenoxy) is 1. The molecule has 1 saturated heterocycles. The van der Waals surface area contributed by atoms with Gasteiger partial charge in [-0.1, -0.05) is 49.1 Å². The normalized spacial score (nSPS) is 26.5. The van der Waals surface area contributed by atoms with Crippen LogP contribution >= 0.6 is 0 Å². The lowest BCUT2D eigenvalue weighted by Crippen LogP contribution is -3.00. The van der Waals surface area contributed by atoms with Gasteiger partial charge >= 0.3 is 0 Å². The van der Waals surface area contributed by atoms with E-state index < -0.39 is 5.54 Å². The molecule has 0 aromatic heterocycles. The summed E-state index contributed by atoms with van der Waals surface area (Å²) in [5.74, 6) is 0.937. The van der Waals surface area contributed by atoms with Crippen LogP contribution in [0.4, 0.5) is 0 Å². The first-order valence-electron chi connectivity index (χ1n) is 9.80. The smallest absolute Gasteiger partial charge is 0.294 e. The zero-order valence-corrected chi connectivity index (χ0v) is 17.9. The van der Waals surface area contributed by atoms with Gasteiger partial charge < -0.3 is 31.1 Å². The first-order chi connectivity index (χ1) is 13.1. The maximum atomic E-state index is 6.37. The Labute approximate surface area is 177 Å². The molecule has 2 aliphatic heterocycles. The summed E-state index contributed by atoms with van der Waals surface area (Å²) < 4.78 is 7.41. The highest BCUT2D eigenvalue weighted by atomic mass is 79.9. The van der Waals surface area contributed by atoms with Gasteiger partial charge in [-0.15, -0.1) is 0 Å². The van der Waals surface area contributed by atoms with Crippen molar-refractivity contribution in [1.82, 2.24) is 4.90 Å². The minimum absolute atomic E-state index is 0. The zero-order valence-electron chi connectivity index (χ0n) is 16.3. The monoisotopic (exact) mass is 439 g/mol. The number of nitrogens with zero attached hydrogens (tertiary/aromatic N) is 3. The minimum Gasteiger partial charge on any atom is -1.00 e.